The van der Waals surface area contributed by atoms with E-state index in [1.807, 2.05) is 6.92 Å². The third kappa shape index (κ3) is 3.83. The fraction of sp³-hybridized carbons (Fsp3) is 0.389. The topological polar surface area (TPSA) is 72.4 Å². The summed E-state index contributed by atoms with van der Waals surface area (Å²) in [5, 5.41) is 2.77. The van der Waals surface area contributed by atoms with E-state index >= 15 is 0 Å². The van der Waals surface area contributed by atoms with Gasteiger partial charge in [0.2, 0.25) is 5.82 Å². The van der Waals surface area contributed by atoms with E-state index in [0.717, 1.165) is 23.0 Å². The number of rotatable bonds is 7. The van der Waals surface area contributed by atoms with E-state index in [4.69, 9.17) is 4.74 Å². The summed E-state index contributed by atoms with van der Waals surface area (Å²) in [5.41, 5.74) is -0.00285. The van der Waals surface area contributed by atoms with Crippen LogP contribution >= 0.6 is 0 Å². The second-order valence-electron chi connectivity index (χ2n) is 6.33. The number of ether oxygens (including phenoxy) is 1. The Bertz CT molecular complexity index is 958. The molecule has 0 aliphatic heterocycles. The lowest BCUT2D eigenvalue weighted by molar-refractivity contribution is 0.383. The van der Waals surface area contributed by atoms with E-state index in [0.29, 0.717) is 6.42 Å². The second-order valence-corrected chi connectivity index (χ2v) is 7.79. The van der Waals surface area contributed by atoms with Crippen molar-refractivity contribution in [3.63, 3.8) is 0 Å². The molecule has 1 heterocycles. The summed E-state index contributed by atoms with van der Waals surface area (Å²) < 4.78 is 49.9. The fourth-order valence-corrected chi connectivity index (χ4v) is 3.76. The maximum Gasteiger partial charge on any atom is 0.291 e. The summed E-state index contributed by atoms with van der Waals surface area (Å²) in [6, 6.07) is 4.67. The largest absolute Gasteiger partial charge is 0.491 e. The Kier molecular flexibility index (Phi) is 5.50. The maximum atomic E-state index is 14.4. The summed E-state index contributed by atoms with van der Waals surface area (Å²) >= 11 is 0. The quantitative estimate of drug-likeness (QED) is 0.753. The zero-order valence-electron chi connectivity index (χ0n) is 15.3. The molecule has 0 bridgehead atoms. The predicted octanol–water partition coefficient (Wildman–Crippen LogP) is 3.22. The lowest BCUT2D eigenvalue weighted by Gasteiger charge is -2.20. The van der Waals surface area contributed by atoms with Crippen molar-refractivity contribution in [3.05, 3.63) is 45.8 Å². The number of hydrogen-bond acceptors (Lipinski definition) is 4. The van der Waals surface area contributed by atoms with Gasteiger partial charge in [-0.25, -0.2) is 8.60 Å². The molecule has 1 fully saturated rings. The molecule has 9 heteroatoms. The van der Waals surface area contributed by atoms with E-state index < -0.39 is 28.2 Å². The monoisotopic (exact) mass is 397 g/mol. The number of aromatic nitrogens is 1. The zero-order chi connectivity index (χ0) is 19.7. The van der Waals surface area contributed by atoms with Crippen LogP contribution in [0.2, 0.25) is 0 Å². The molecule has 0 radical (unpaired) electrons. The predicted molar refractivity (Wildman–Crippen MR) is 102 cm³/mol. The molecule has 0 amide bonds. The van der Waals surface area contributed by atoms with Crippen LogP contribution in [0.3, 0.4) is 0 Å². The van der Waals surface area contributed by atoms with Crippen LogP contribution in [0, 0.1) is 11.6 Å². The van der Waals surface area contributed by atoms with E-state index in [1.54, 1.807) is 6.07 Å². The Morgan fingerprint density at radius 2 is 2.04 bits per heavy atom. The van der Waals surface area contributed by atoms with Crippen LogP contribution < -0.4 is 20.3 Å². The van der Waals surface area contributed by atoms with Crippen LogP contribution in [-0.2, 0) is 24.5 Å². The SMILES string of the molecule is CCc1ccc(Nc2c(NS(=O)C3CC3)c(OC)c(F)c(=O)n2C)c(F)c1. The average Bonchev–Trinajstić information content (AvgIpc) is 3.49. The highest BCUT2D eigenvalue weighted by molar-refractivity contribution is 7.87. The summed E-state index contributed by atoms with van der Waals surface area (Å²) in [6.45, 7) is 1.91. The highest BCUT2D eigenvalue weighted by Crippen LogP contribution is 2.37. The first-order valence-electron chi connectivity index (χ1n) is 8.56. The van der Waals surface area contributed by atoms with Gasteiger partial charge >= 0.3 is 0 Å². The molecule has 1 aromatic heterocycles. The molecule has 1 aliphatic carbocycles. The first-order valence-corrected chi connectivity index (χ1v) is 9.77. The van der Waals surface area contributed by atoms with Gasteiger partial charge in [0.15, 0.2) is 5.75 Å². The minimum absolute atomic E-state index is 0.0151. The number of methoxy groups -OCH3 is 1. The van der Waals surface area contributed by atoms with Gasteiger partial charge in [-0.15, -0.1) is 0 Å². The van der Waals surface area contributed by atoms with E-state index in [9.17, 15) is 17.8 Å². The Labute approximate surface area is 158 Å². The van der Waals surface area contributed by atoms with E-state index in [2.05, 4.69) is 10.0 Å². The smallest absolute Gasteiger partial charge is 0.291 e. The molecule has 1 aromatic carbocycles. The van der Waals surface area contributed by atoms with Crippen LogP contribution in [0.25, 0.3) is 0 Å². The van der Waals surface area contributed by atoms with Gasteiger partial charge < -0.3 is 10.1 Å². The Morgan fingerprint density at radius 3 is 2.59 bits per heavy atom. The third-order valence-corrected chi connectivity index (χ3v) is 5.90. The van der Waals surface area contributed by atoms with Gasteiger partial charge in [-0.1, -0.05) is 13.0 Å². The number of halogens is 2. The molecule has 2 N–H and O–H groups in total. The Balaban J connectivity index is 2.10. The number of aryl methyl sites for hydroxylation is 1. The number of nitrogens with one attached hydrogen (secondary N) is 2. The van der Waals surface area contributed by atoms with Crippen LogP contribution in [0.5, 0.6) is 5.75 Å². The normalized spacial score (nSPS) is 14.7. The van der Waals surface area contributed by atoms with Crippen LogP contribution in [0.4, 0.5) is 26.0 Å². The minimum Gasteiger partial charge on any atom is -0.491 e. The van der Waals surface area contributed by atoms with Gasteiger partial charge in [0.05, 0.1) is 18.0 Å². The molecule has 1 aliphatic rings. The van der Waals surface area contributed by atoms with Gasteiger partial charge in [-0.05, 0) is 37.0 Å². The minimum atomic E-state index is -1.47. The van der Waals surface area contributed by atoms with Crippen molar-refractivity contribution in [2.24, 2.45) is 7.05 Å². The third-order valence-electron chi connectivity index (χ3n) is 4.42. The van der Waals surface area contributed by atoms with Crippen molar-refractivity contribution in [2.75, 3.05) is 17.1 Å². The maximum absolute atomic E-state index is 14.4. The highest BCUT2D eigenvalue weighted by Gasteiger charge is 2.31. The number of benzene rings is 1. The van der Waals surface area contributed by atoms with Gasteiger partial charge in [0.25, 0.3) is 5.56 Å². The van der Waals surface area contributed by atoms with Crippen molar-refractivity contribution in [1.29, 1.82) is 0 Å². The molecular formula is C18H21F2N3O3S. The molecule has 146 valence electrons. The van der Waals surface area contributed by atoms with Crippen molar-refractivity contribution in [3.8, 4) is 5.75 Å². The first kappa shape index (κ1) is 19.3. The van der Waals surface area contributed by atoms with Gasteiger partial charge in [0.1, 0.15) is 28.3 Å². The first-order chi connectivity index (χ1) is 12.9. The molecular weight excluding hydrogens is 376 g/mol. The van der Waals surface area contributed by atoms with E-state index in [1.165, 1.54) is 26.3 Å². The molecule has 6 nitrogen and oxygen atoms in total. The number of anilines is 3. The van der Waals surface area contributed by atoms with Crippen molar-refractivity contribution in [2.45, 2.75) is 31.4 Å². The van der Waals surface area contributed by atoms with Crippen molar-refractivity contribution in [1.82, 2.24) is 4.57 Å². The van der Waals surface area contributed by atoms with Crippen LogP contribution in [0.1, 0.15) is 25.3 Å². The fourth-order valence-electron chi connectivity index (χ4n) is 2.64. The Morgan fingerprint density at radius 1 is 1.33 bits per heavy atom. The molecule has 1 saturated carbocycles. The van der Waals surface area contributed by atoms with Crippen LogP contribution in [0.15, 0.2) is 23.0 Å². The summed E-state index contributed by atoms with van der Waals surface area (Å²) in [7, 11) is 1.08. The Hall–Kier alpha value is -2.42. The summed E-state index contributed by atoms with van der Waals surface area (Å²) in [5.74, 6) is -1.92. The average molecular weight is 397 g/mol. The van der Waals surface area contributed by atoms with Gasteiger partial charge in [0, 0.05) is 7.05 Å². The molecule has 1 unspecified atom stereocenters. The molecule has 0 saturated heterocycles. The lowest BCUT2D eigenvalue weighted by atomic mass is 10.1. The number of pyridine rings is 1. The zero-order valence-corrected chi connectivity index (χ0v) is 16.1. The molecule has 0 spiro atoms. The highest BCUT2D eigenvalue weighted by atomic mass is 32.2. The number of hydrogen-bond donors (Lipinski definition) is 2. The molecule has 3 rings (SSSR count). The summed E-state index contributed by atoms with van der Waals surface area (Å²) in [4.78, 5) is 12.2. The molecule has 2 aromatic rings. The standard InChI is InChI=1S/C18H21F2N3O3S/c1-4-10-5-8-13(12(19)9-10)21-17-15(22-27(25)11-6-7-11)16(26-3)14(20)18(24)23(17)2/h5,8-9,11,21-22H,4,6-7H2,1-3H3. The van der Waals surface area contributed by atoms with Crippen molar-refractivity contribution < 1.29 is 17.7 Å². The lowest BCUT2D eigenvalue weighted by Crippen LogP contribution is -2.26. The molecule has 1 atom stereocenters. The van der Waals surface area contributed by atoms with E-state index in [-0.39, 0.29) is 28.2 Å². The van der Waals surface area contributed by atoms with Crippen LogP contribution in [-0.4, -0.2) is 21.1 Å². The molecule has 27 heavy (non-hydrogen) atoms. The van der Waals surface area contributed by atoms with Crippen molar-refractivity contribution >= 4 is 28.2 Å². The second kappa shape index (κ2) is 7.67. The van der Waals surface area contributed by atoms with Gasteiger partial charge in [-0.2, -0.15) is 4.39 Å². The van der Waals surface area contributed by atoms with Gasteiger partial charge in [-0.3, -0.25) is 14.1 Å². The summed E-state index contributed by atoms with van der Waals surface area (Å²) in [6.07, 6.45) is 2.27. The number of nitrogens with zero attached hydrogens (tertiary/aromatic N) is 1.